The topological polar surface area (TPSA) is 51.7 Å². The molecule has 1 spiro atoms. The highest BCUT2D eigenvalue weighted by Crippen LogP contribution is 2.61. The first kappa shape index (κ1) is 17.3. The molecule has 1 unspecified atom stereocenters. The summed E-state index contributed by atoms with van der Waals surface area (Å²) in [6.45, 7) is 2.94. The third kappa shape index (κ3) is 2.62. The van der Waals surface area contributed by atoms with E-state index in [2.05, 4.69) is 9.88 Å². The third-order valence-electron chi connectivity index (χ3n) is 8.38. The van der Waals surface area contributed by atoms with Crippen LogP contribution in [-0.2, 0) is 9.53 Å². The zero-order valence-corrected chi connectivity index (χ0v) is 16.5. The molecule has 2 saturated heterocycles. The van der Waals surface area contributed by atoms with Crippen molar-refractivity contribution in [3.05, 3.63) is 24.5 Å². The average molecular weight is 383 g/mol. The number of carbonyl (C=O) groups is 1. The van der Waals surface area contributed by atoms with Gasteiger partial charge in [0, 0.05) is 18.7 Å². The van der Waals surface area contributed by atoms with Gasteiger partial charge in [0.1, 0.15) is 11.4 Å². The highest BCUT2D eigenvalue weighted by molar-refractivity contribution is 5.84. The van der Waals surface area contributed by atoms with E-state index in [9.17, 15) is 4.79 Å². The largest absolute Gasteiger partial charge is 0.492 e. The lowest BCUT2D eigenvalue weighted by Crippen LogP contribution is -2.69. The van der Waals surface area contributed by atoms with Crippen molar-refractivity contribution < 1.29 is 14.3 Å². The Hall–Kier alpha value is -1.62. The number of ether oxygens (including phenoxy) is 2. The van der Waals surface area contributed by atoms with Crippen molar-refractivity contribution in [1.82, 2.24) is 9.88 Å². The summed E-state index contributed by atoms with van der Waals surface area (Å²) in [5, 5.41) is 0. The van der Waals surface area contributed by atoms with Crippen LogP contribution >= 0.6 is 0 Å². The number of rotatable bonds is 4. The van der Waals surface area contributed by atoms with Gasteiger partial charge in [0.25, 0.3) is 0 Å². The van der Waals surface area contributed by atoms with Crippen LogP contribution in [-0.4, -0.2) is 47.7 Å². The Balaban J connectivity index is 1.11. The fraction of sp³-hybridized carbons (Fsp3) is 0.739. The SMILES string of the molecule is O=C(N1CC2(C1)OCCC2COc1cccnc1)C12CC3CC(CC(C3)C1)C2. The van der Waals surface area contributed by atoms with E-state index in [0.29, 0.717) is 18.4 Å². The van der Waals surface area contributed by atoms with Crippen molar-refractivity contribution in [2.24, 2.45) is 29.1 Å². The number of hydrogen-bond donors (Lipinski definition) is 0. The van der Waals surface area contributed by atoms with Crippen LogP contribution in [0.15, 0.2) is 24.5 Å². The summed E-state index contributed by atoms with van der Waals surface area (Å²) in [7, 11) is 0. The number of likely N-dealkylation sites (tertiary alicyclic amines) is 1. The van der Waals surface area contributed by atoms with Crippen molar-refractivity contribution in [1.29, 1.82) is 0 Å². The molecule has 1 atom stereocenters. The molecule has 0 N–H and O–H groups in total. The van der Waals surface area contributed by atoms with Gasteiger partial charge >= 0.3 is 0 Å². The Morgan fingerprint density at radius 2 is 1.89 bits per heavy atom. The van der Waals surface area contributed by atoms with Crippen LogP contribution in [0.1, 0.15) is 44.9 Å². The summed E-state index contributed by atoms with van der Waals surface area (Å²) in [4.78, 5) is 19.8. The van der Waals surface area contributed by atoms with Crippen LogP contribution in [0.3, 0.4) is 0 Å². The molecule has 1 aromatic heterocycles. The second kappa shape index (κ2) is 6.19. The molecule has 7 rings (SSSR count). The number of aromatic nitrogens is 1. The lowest BCUT2D eigenvalue weighted by atomic mass is 9.49. The summed E-state index contributed by atoms with van der Waals surface area (Å²) >= 11 is 0. The molecular formula is C23H30N2O3. The quantitative estimate of drug-likeness (QED) is 0.802. The van der Waals surface area contributed by atoms with Crippen molar-refractivity contribution in [3.63, 3.8) is 0 Å². The molecule has 6 aliphatic rings. The molecule has 3 heterocycles. The van der Waals surface area contributed by atoms with Gasteiger partial charge in [-0.15, -0.1) is 0 Å². The van der Waals surface area contributed by atoms with Crippen LogP contribution in [0, 0.1) is 29.1 Å². The summed E-state index contributed by atoms with van der Waals surface area (Å²) < 4.78 is 12.2. The number of amides is 1. The molecule has 150 valence electrons. The number of nitrogens with zero attached hydrogens (tertiary/aromatic N) is 2. The van der Waals surface area contributed by atoms with Crippen molar-refractivity contribution in [2.75, 3.05) is 26.3 Å². The van der Waals surface area contributed by atoms with E-state index in [4.69, 9.17) is 9.47 Å². The van der Waals surface area contributed by atoms with Gasteiger partial charge in [-0.1, -0.05) is 0 Å². The first-order valence-electron chi connectivity index (χ1n) is 11.1. The van der Waals surface area contributed by atoms with E-state index >= 15 is 0 Å². The highest BCUT2D eigenvalue weighted by atomic mass is 16.5. The van der Waals surface area contributed by atoms with Gasteiger partial charge in [-0.2, -0.15) is 0 Å². The number of carbonyl (C=O) groups excluding carboxylic acids is 1. The van der Waals surface area contributed by atoms with E-state index in [0.717, 1.165) is 68.9 Å². The summed E-state index contributed by atoms with van der Waals surface area (Å²) in [5.41, 5.74) is -0.211. The van der Waals surface area contributed by atoms with Crippen molar-refractivity contribution in [3.8, 4) is 5.75 Å². The van der Waals surface area contributed by atoms with Gasteiger partial charge in [0.05, 0.1) is 31.3 Å². The molecule has 0 radical (unpaired) electrons. The Morgan fingerprint density at radius 3 is 2.54 bits per heavy atom. The fourth-order valence-corrected chi connectivity index (χ4v) is 7.45. The molecule has 1 aromatic rings. The lowest BCUT2D eigenvalue weighted by molar-refractivity contribution is -0.187. The van der Waals surface area contributed by atoms with Gasteiger partial charge in [-0.25, -0.2) is 0 Å². The van der Waals surface area contributed by atoms with Crippen LogP contribution in [0.4, 0.5) is 0 Å². The zero-order valence-electron chi connectivity index (χ0n) is 16.5. The van der Waals surface area contributed by atoms with Crippen molar-refractivity contribution in [2.45, 2.75) is 50.5 Å². The highest BCUT2D eigenvalue weighted by Gasteiger charge is 2.60. The molecule has 5 heteroatoms. The van der Waals surface area contributed by atoms with E-state index in [1.54, 1.807) is 12.4 Å². The third-order valence-corrected chi connectivity index (χ3v) is 8.38. The molecule has 2 aliphatic heterocycles. The van der Waals surface area contributed by atoms with E-state index in [1.165, 1.54) is 19.3 Å². The first-order chi connectivity index (χ1) is 13.6. The normalized spacial score (nSPS) is 39.9. The van der Waals surface area contributed by atoms with Gasteiger partial charge in [0.15, 0.2) is 0 Å². The maximum atomic E-state index is 13.5. The standard InChI is InChI=1S/C23H30N2O3/c26-21(22-9-16-6-17(10-22)8-18(7-16)11-22)25-14-23(15-25)19(3-5-28-23)13-27-20-2-1-4-24-12-20/h1-2,4,12,16-19H,3,5-11,13-15H2. The maximum absolute atomic E-state index is 13.5. The smallest absolute Gasteiger partial charge is 0.229 e. The average Bonchev–Trinajstić information content (AvgIpc) is 3.08. The zero-order chi connectivity index (χ0) is 18.8. The van der Waals surface area contributed by atoms with Gasteiger partial charge in [-0.05, 0) is 74.8 Å². The first-order valence-corrected chi connectivity index (χ1v) is 11.1. The van der Waals surface area contributed by atoms with E-state index in [1.807, 2.05) is 12.1 Å². The monoisotopic (exact) mass is 382 g/mol. The van der Waals surface area contributed by atoms with Crippen LogP contribution in [0.5, 0.6) is 5.75 Å². The second-order valence-electron chi connectivity index (χ2n) is 10.3. The summed E-state index contributed by atoms with van der Waals surface area (Å²) in [5.74, 6) is 4.05. The summed E-state index contributed by atoms with van der Waals surface area (Å²) in [6.07, 6.45) is 12.1. The Bertz CT molecular complexity index is 723. The van der Waals surface area contributed by atoms with Crippen LogP contribution in [0.25, 0.3) is 0 Å². The predicted molar refractivity (Wildman–Crippen MR) is 104 cm³/mol. The fourth-order valence-electron chi connectivity index (χ4n) is 7.45. The molecule has 5 nitrogen and oxygen atoms in total. The maximum Gasteiger partial charge on any atom is 0.229 e. The summed E-state index contributed by atoms with van der Waals surface area (Å²) in [6, 6.07) is 3.84. The molecule has 4 saturated carbocycles. The molecule has 1 amide bonds. The minimum atomic E-state index is -0.180. The Kier molecular flexibility index (Phi) is 3.81. The van der Waals surface area contributed by atoms with E-state index < -0.39 is 0 Å². The second-order valence-corrected chi connectivity index (χ2v) is 10.3. The minimum Gasteiger partial charge on any atom is -0.492 e. The molecule has 4 bridgehead atoms. The Morgan fingerprint density at radius 1 is 1.18 bits per heavy atom. The Labute approximate surface area is 166 Å². The number of pyridine rings is 1. The lowest BCUT2D eigenvalue weighted by Gasteiger charge is -2.59. The molecule has 0 aromatic carbocycles. The minimum absolute atomic E-state index is 0.0311. The molecule has 28 heavy (non-hydrogen) atoms. The predicted octanol–water partition coefficient (Wildman–Crippen LogP) is 3.29. The molecular weight excluding hydrogens is 352 g/mol. The van der Waals surface area contributed by atoms with Crippen LogP contribution < -0.4 is 4.74 Å². The van der Waals surface area contributed by atoms with Crippen molar-refractivity contribution >= 4 is 5.91 Å². The molecule has 6 fully saturated rings. The van der Waals surface area contributed by atoms with Gasteiger partial charge < -0.3 is 14.4 Å². The van der Waals surface area contributed by atoms with E-state index in [-0.39, 0.29) is 11.0 Å². The molecule has 4 aliphatic carbocycles. The van der Waals surface area contributed by atoms with Gasteiger partial charge in [-0.3, -0.25) is 9.78 Å². The van der Waals surface area contributed by atoms with Gasteiger partial charge in [0.2, 0.25) is 5.91 Å². The number of hydrogen-bond acceptors (Lipinski definition) is 4. The van der Waals surface area contributed by atoms with Crippen LogP contribution in [0.2, 0.25) is 0 Å².